The van der Waals surface area contributed by atoms with Crippen molar-refractivity contribution in [2.24, 2.45) is 0 Å². The molecule has 0 unspecified atom stereocenters. The first-order chi connectivity index (χ1) is 16.0. The zero-order valence-corrected chi connectivity index (χ0v) is 18.5. The molecule has 3 aromatic rings. The van der Waals surface area contributed by atoms with Gasteiger partial charge in [-0.2, -0.15) is 0 Å². The van der Waals surface area contributed by atoms with Crippen molar-refractivity contribution >= 4 is 11.7 Å². The van der Waals surface area contributed by atoms with E-state index in [1.165, 1.54) is 0 Å². The van der Waals surface area contributed by atoms with Gasteiger partial charge in [0.2, 0.25) is 0 Å². The third-order valence-corrected chi connectivity index (χ3v) is 6.32. The van der Waals surface area contributed by atoms with Gasteiger partial charge in [0.15, 0.2) is 5.78 Å². The topological polar surface area (TPSA) is 65.1 Å². The van der Waals surface area contributed by atoms with Crippen LogP contribution in [0.25, 0.3) is 0 Å². The summed E-state index contributed by atoms with van der Waals surface area (Å²) >= 11 is 0. The number of hydrogen-bond acceptors (Lipinski definition) is 5. The summed E-state index contributed by atoms with van der Waals surface area (Å²) in [6, 6.07) is 22.0. The number of rotatable bonds is 4. The molecule has 0 aliphatic carbocycles. The lowest BCUT2D eigenvalue weighted by atomic mass is 9.82. The van der Waals surface area contributed by atoms with Gasteiger partial charge in [0, 0.05) is 31.5 Å². The summed E-state index contributed by atoms with van der Waals surface area (Å²) in [5.74, 6) is 2.59. The van der Waals surface area contributed by atoms with E-state index in [1.807, 2.05) is 47.4 Å². The Morgan fingerprint density at radius 1 is 0.909 bits per heavy atom. The van der Waals surface area contributed by atoms with Gasteiger partial charge in [-0.25, -0.2) is 0 Å². The van der Waals surface area contributed by atoms with Crippen molar-refractivity contribution in [2.75, 3.05) is 20.2 Å². The Bertz CT molecular complexity index is 1180. The minimum atomic E-state index is -0.562. The number of ketones is 1. The van der Waals surface area contributed by atoms with Crippen LogP contribution in [0.5, 0.6) is 23.0 Å². The highest BCUT2D eigenvalue weighted by molar-refractivity contribution is 6.01. The first kappa shape index (κ1) is 21.1. The van der Waals surface area contributed by atoms with Crippen LogP contribution in [0.2, 0.25) is 0 Å². The first-order valence-electron chi connectivity index (χ1n) is 11.1. The Morgan fingerprint density at radius 2 is 1.67 bits per heavy atom. The van der Waals surface area contributed by atoms with Crippen LogP contribution in [0.1, 0.15) is 40.0 Å². The smallest absolute Gasteiger partial charge is 0.253 e. The molecule has 2 aliphatic heterocycles. The Labute approximate surface area is 192 Å². The Balaban J connectivity index is 1.26. The van der Waals surface area contributed by atoms with Crippen molar-refractivity contribution < 1.29 is 23.8 Å². The number of carbonyl (C=O) groups excluding carboxylic acids is 2. The van der Waals surface area contributed by atoms with Crippen molar-refractivity contribution in [1.29, 1.82) is 0 Å². The van der Waals surface area contributed by atoms with Crippen molar-refractivity contribution in [3.8, 4) is 23.0 Å². The number of likely N-dealkylation sites (tertiary alicyclic amines) is 1. The molecule has 5 rings (SSSR count). The van der Waals surface area contributed by atoms with Crippen LogP contribution in [0.4, 0.5) is 0 Å². The molecule has 2 heterocycles. The molecule has 0 saturated carbocycles. The number of nitrogens with zero attached hydrogens (tertiary/aromatic N) is 1. The summed E-state index contributed by atoms with van der Waals surface area (Å²) < 4.78 is 17.4. The summed E-state index contributed by atoms with van der Waals surface area (Å²) in [5.41, 5.74) is 0.583. The van der Waals surface area contributed by atoms with E-state index in [9.17, 15) is 9.59 Å². The summed E-state index contributed by atoms with van der Waals surface area (Å²) in [4.78, 5) is 27.8. The maximum Gasteiger partial charge on any atom is 0.253 e. The lowest BCUT2D eigenvalue weighted by Crippen LogP contribution is -2.52. The van der Waals surface area contributed by atoms with Crippen molar-refractivity contribution in [1.82, 2.24) is 4.90 Å². The number of benzene rings is 3. The molecule has 33 heavy (non-hydrogen) atoms. The van der Waals surface area contributed by atoms with Crippen LogP contribution in [0.3, 0.4) is 0 Å². The number of piperidine rings is 1. The number of methoxy groups -OCH3 is 1. The van der Waals surface area contributed by atoms with Crippen LogP contribution in [0.15, 0.2) is 72.8 Å². The van der Waals surface area contributed by atoms with E-state index in [0.717, 1.165) is 5.75 Å². The SMILES string of the molecule is COc1ccc2c(c1)C(=O)CC1(CCN(C(=O)c3cccc(Oc4ccccc4)c3)CC1)O2. The molecule has 1 saturated heterocycles. The predicted molar refractivity (Wildman–Crippen MR) is 123 cm³/mol. The number of amides is 1. The molecule has 0 atom stereocenters. The molecule has 168 valence electrons. The van der Waals surface area contributed by atoms with E-state index in [0.29, 0.717) is 60.7 Å². The van der Waals surface area contributed by atoms with Gasteiger partial charge in [-0.1, -0.05) is 24.3 Å². The molecule has 6 heteroatoms. The summed E-state index contributed by atoms with van der Waals surface area (Å²) in [7, 11) is 1.58. The quantitative estimate of drug-likeness (QED) is 0.560. The second kappa shape index (κ2) is 8.62. The van der Waals surface area contributed by atoms with Gasteiger partial charge in [-0.3, -0.25) is 9.59 Å². The first-order valence-corrected chi connectivity index (χ1v) is 11.1. The molecule has 0 aromatic heterocycles. The second-order valence-electron chi connectivity index (χ2n) is 8.48. The van der Waals surface area contributed by atoms with Crippen LogP contribution >= 0.6 is 0 Å². The third-order valence-electron chi connectivity index (χ3n) is 6.32. The highest BCUT2D eigenvalue weighted by atomic mass is 16.5. The molecule has 1 fully saturated rings. The number of para-hydroxylation sites is 1. The largest absolute Gasteiger partial charge is 0.497 e. The second-order valence-corrected chi connectivity index (χ2v) is 8.48. The minimum absolute atomic E-state index is 0.0457. The van der Waals surface area contributed by atoms with Crippen LogP contribution in [0, 0.1) is 0 Å². The molecule has 6 nitrogen and oxygen atoms in total. The van der Waals surface area contributed by atoms with Crippen molar-refractivity contribution in [2.45, 2.75) is 24.9 Å². The molecular weight excluding hydrogens is 418 g/mol. The van der Waals surface area contributed by atoms with E-state index < -0.39 is 5.60 Å². The van der Waals surface area contributed by atoms with Gasteiger partial charge in [0.25, 0.3) is 5.91 Å². The minimum Gasteiger partial charge on any atom is -0.497 e. The monoisotopic (exact) mass is 443 g/mol. The van der Waals surface area contributed by atoms with Gasteiger partial charge in [-0.15, -0.1) is 0 Å². The average Bonchev–Trinajstić information content (AvgIpc) is 2.85. The lowest BCUT2D eigenvalue weighted by molar-refractivity contribution is -0.00577. The maximum atomic E-state index is 13.2. The molecule has 1 amide bonds. The van der Waals surface area contributed by atoms with Crippen molar-refractivity contribution in [3.63, 3.8) is 0 Å². The standard InChI is InChI=1S/C27H25NO5/c1-31-21-10-11-25-23(17-21)24(29)18-27(33-25)12-14-28(15-13-27)26(30)19-6-5-9-22(16-19)32-20-7-3-2-4-8-20/h2-11,16-17H,12-15,18H2,1H3. The number of fused-ring (bicyclic) bond motifs is 1. The zero-order chi connectivity index (χ0) is 22.8. The molecular formula is C27H25NO5. The number of ether oxygens (including phenoxy) is 3. The normalized spacial score (nSPS) is 16.6. The summed E-state index contributed by atoms with van der Waals surface area (Å²) in [6.07, 6.45) is 1.53. The average molecular weight is 443 g/mol. The highest BCUT2D eigenvalue weighted by Crippen LogP contribution is 2.40. The number of hydrogen-bond donors (Lipinski definition) is 0. The summed E-state index contributed by atoms with van der Waals surface area (Å²) in [5, 5.41) is 0. The molecule has 3 aromatic carbocycles. The molecule has 1 spiro atoms. The van der Waals surface area contributed by atoms with Gasteiger partial charge in [-0.05, 0) is 48.5 Å². The van der Waals surface area contributed by atoms with Crippen LogP contribution in [-0.2, 0) is 0 Å². The zero-order valence-electron chi connectivity index (χ0n) is 18.5. The maximum absolute atomic E-state index is 13.2. The number of carbonyl (C=O) groups is 2. The van der Waals surface area contributed by atoms with Gasteiger partial charge >= 0.3 is 0 Å². The van der Waals surface area contributed by atoms with Gasteiger partial charge in [0.05, 0.1) is 19.1 Å². The van der Waals surface area contributed by atoms with E-state index in [2.05, 4.69) is 0 Å². The Kier molecular flexibility index (Phi) is 5.50. The predicted octanol–water partition coefficient (Wildman–Crippen LogP) is 5.13. The third kappa shape index (κ3) is 4.29. The fraction of sp³-hybridized carbons (Fsp3) is 0.259. The molecule has 0 radical (unpaired) electrons. The van der Waals surface area contributed by atoms with Gasteiger partial charge in [0.1, 0.15) is 28.6 Å². The van der Waals surface area contributed by atoms with Crippen molar-refractivity contribution in [3.05, 3.63) is 83.9 Å². The fourth-order valence-electron chi connectivity index (χ4n) is 4.50. The summed E-state index contributed by atoms with van der Waals surface area (Å²) in [6.45, 7) is 1.06. The van der Waals surface area contributed by atoms with Gasteiger partial charge < -0.3 is 19.1 Å². The Morgan fingerprint density at radius 3 is 2.42 bits per heavy atom. The van der Waals surface area contributed by atoms with Crippen LogP contribution in [-0.4, -0.2) is 42.4 Å². The van der Waals surface area contributed by atoms with E-state index in [-0.39, 0.29) is 11.7 Å². The number of Topliss-reactive ketones (excluding diaryl/α,β-unsaturated/α-hetero) is 1. The highest BCUT2D eigenvalue weighted by Gasteiger charge is 2.43. The van der Waals surface area contributed by atoms with E-state index in [4.69, 9.17) is 14.2 Å². The van der Waals surface area contributed by atoms with Crippen LogP contribution < -0.4 is 14.2 Å². The molecule has 0 bridgehead atoms. The Hall–Kier alpha value is -3.80. The van der Waals surface area contributed by atoms with E-state index in [1.54, 1.807) is 37.4 Å². The molecule has 2 aliphatic rings. The lowest BCUT2D eigenvalue weighted by Gasteiger charge is -2.44. The fourth-order valence-corrected chi connectivity index (χ4v) is 4.50. The van der Waals surface area contributed by atoms with E-state index >= 15 is 0 Å². The molecule has 0 N–H and O–H groups in total.